The predicted molar refractivity (Wildman–Crippen MR) is 94.0 cm³/mol. The van der Waals surface area contributed by atoms with E-state index in [1.54, 1.807) is 6.92 Å². The van der Waals surface area contributed by atoms with Crippen LogP contribution in [-0.4, -0.2) is 54.0 Å². The summed E-state index contributed by atoms with van der Waals surface area (Å²) in [4.78, 5) is 27.0. The van der Waals surface area contributed by atoms with Gasteiger partial charge in [0.15, 0.2) is 5.78 Å². The molecule has 1 aliphatic heterocycles. The zero-order chi connectivity index (χ0) is 17.8. The first-order valence-electron chi connectivity index (χ1n) is 9.40. The van der Waals surface area contributed by atoms with E-state index in [1.807, 2.05) is 0 Å². The standard InChI is InChI=1S/C19H28N2O4/c1-13-17(18-15(23)7-6-8-16(18)25-13)19(24)20-11-14(22)12-21-9-4-2-3-5-10-21/h14,22H,2-12H2,1H3,(H,20,24). The van der Waals surface area contributed by atoms with Crippen molar-refractivity contribution in [2.24, 2.45) is 0 Å². The van der Waals surface area contributed by atoms with Crippen LogP contribution in [0.25, 0.3) is 0 Å². The molecule has 0 spiro atoms. The summed E-state index contributed by atoms with van der Waals surface area (Å²) < 4.78 is 5.62. The van der Waals surface area contributed by atoms with E-state index >= 15 is 0 Å². The van der Waals surface area contributed by atoms with Gasteiger partial charge in [-0.3, -0.25) is 9.59 Å². The number of Topliss-reactive ketones (excluding diaryl/α,β-unsaturated/α-hetero) is 1. The molecule has 25 heavy (non-hydrogen) atoms. The van der Waals surface area contributed by atoms with E-state index < -0.39 is 6.10 Å². The molecular formula is C19H28N2O4. The first-order chi connectivity index (χ1) is 12.1. The van der Waals surface area contributed by atoms with E-state index in [1.165, 1.54) is 25.7 Å². The summed E-state index contributed by atoms with van der Waals surface area (Å²) in [6.45, 7) is 4.49. The Labute approximate surface area is 148 Å². The third-order valence-electron chi connectivity index (χ3n) is 5.14. The molecule has 1 aliphatic carbocycles. The van der Waals surface area contributed by atoms with Crippen molar-refractivity contribution >= 4 is 11.7 Å². The molecule has 0 bridgehead atoms. The summed E-state index contributed by atoms with van der Waals surface area (Å²) in [6.07, 6.45) is 6.17. The maximum absolute atomic E-state index is 12.5. The number of ketones is 1. The van der Waals surface area contributed by atoms with Gasteiger partial charge in [-0.1, -0.05) is 12.8 Å². The van der Waals surface area contributed by atoms with E-state index in [9.17, 15) is 14.7 Å². The Morgan fingerprint density at radius 1 is 1.20 bits per heavy atom. The Bertz CT molecular complexity index is 630. The van der Waals surface area contributed by atoms with E-state index in [-0.39, 0.29) is 18.2 Å². The first kappa shape index (κ1) is 18.1. The van der Waals surface area contributed by atoms with Gasteiger partial charge in [-0.25, -0.2) is 0 Å². The van der Waals surface area contributed by atoms with Crippen molar-refractivity contribution in [3.8, 4) is 0 Å². The highest BCUT2D eigenvalue weighted by molar-refractivity contribution is 6.09. The summed E-state index contributed by atoms with van der Waals surface area (Å²) >= 11 is 0. The van der Waals surface area contributed by atoms with E-state index in [4.69, 9.17) is 4.42 Å². The number of rotatable bonds is 5. The number of β-amino-alcohol motifs (C(OH)–C–C–N with tert-alkyl or cyclic N) is 1. The average molecular weight is 348 g/mol. The average Bonchev–Trinajstić information content (AvgIpc) is 2.75. The Morgan fingerprint density at radius 3 is 2.64 bits per heavy atom. The van der Waals surface area contributed by atoms with Crippen molar-refractivity contribution in [3.63, 3.8) is 0 Å². The van der Waals surface area contributed by atoms with Crippen molar-refractivity contribution < 1.29 is 19.1 Å². The Kier molecular flexibility index (Phi) is 5.91. The third kappa shape index (κ3) is 4.30. The number of carbonyl (C=O) groups is 2. The highest BCUT2D eigenvalue weighted by Gasteiger charge is 2.30. The Hall–Kier alpha value is -1.66. The van der Waals surface area contributed by atoms with Crippen LogP contribution in [0, 0.1) is 6.92 Å². The van der Waals surface area contributed by atoms with Crippen LogP contribution < -0.4 is 5.32 Å². The van der Waals surface area contributed by atoms with Crippen LogP contribution in [0.5, 0.6) is 0 Å². The maximum atomic E-state index is 12.5. The number of nitrogens with one attached hydrogen (secondary N) is 1. The lowest BCUT2D eigenvalue weighted by Gasteiger charge is -2.23. The van der Waals surface area contributed by atoms with E-state index in [2.05, 4.69) is 10.2 Å². The molecule has 1 aromatic rings. The Balaban J connectivity index is 1.57. The number of aryl methyl sites for hydroxylation is 2. The normalized spacial score (nSPS) is 20.0. The molecule has 138 valence electrons. The molecule has 1 amide bonds. The van der Waals surface area contributed by atoms with Gasteiger partial charge in [0, 0.05) is 25.9 Å². The first-order valence-corrected chi connectivity index (χ1v) is 9.40. The number of fused-ring (bicyclic) bond motifs is 1. The summed E-state index contributed by atoms with van der Waals surface area (Å²) in [6, 6.07) is 0. The molecule has 1 unspecified atom stereocenters. The fourth-order valence-electron chi connectivity index (χ4n) is 3.86. The van der Waals surface area contributed by atoms with Crippen molar-refractivity contribution in [3.05, 3.63) is 22.6 Å². The number of hydrogen-bond acceptors (Lipinski definition) is 5. The number of aliphatic hydroxyl groups excluding tert-OH is 1. The molecule has 0 radical (unpaired) electrons. The predicted octanol–water partition coefficient (Wildman–Crippen LogP) is 2.07. The number of likely N-dealkylation sites (tertiary alicyclic amines) is 1. The van der Waals surface area contributed by atoms with Crippen LogP contribution in [-0.2, 0) is 6.42 Å². The highest BCUT2D eigenvalue weighted by Crippen LogP contribution is 2.29. The van der Waals surface area contributed by atoms with Crippen LogP contribution in [0.1, 0.15) is 70.8 Å². The fraction of sp³-hybridized carbons (Fsp3) is 0.684. The van der Waals surface area contributed by atoms with Crippen molar-refractivity contribution in [1.29, 1.82) is 0 Å². The van der Waals surface area contributed by atoms with Crippen molar-refractivity contribution in [2.75, 3.05) is 26.2 Å². The molecule has 3 rings (SSSR count). The molecule has 1 saturated heterocycles. The lowest BCUT2D eigenvalue weighted by molar-refractivity contribution is 0.0855. The second-order valence-electron chi connectivity index (χ2n) is 7.19. The molecule has 0 aromatic carbocycles. The molecule has 1 atom stereocenters. The van der Waals surface area contributed by atoms with Crippen LogP contribution >= 0.6 is 0 Å². The summed E-state index contributed by atoms with van der Waals surface area (Å²) in [5, 5.41) is 13.0. The number of aliphatic hydroxyl groups is 1. The van der Waals surface area contributed by atoms with Crippen molar-refractivity contribution in [1.82, 2.24) is 10.2 Å². The topological polar surface area (TPSA) is 82.8 Å². The number of furan rings is 1. The van der Waals surface area contributed by atoms with Crippen LogP contribution in [0.4, 0.5) is 0 Å². The molecule has 6 nitrogen and oxygen atoms in total. The molecular weight excluding hydrogens is 320 g/mol. The van der Waals surface area contributed by atoms with E-state index in [0.29, 0.717) is 42.0 Å². The van der Waals surface area contributed by atoms with Crippen molar-refractivity contribution in [2.45, 2.75) is 58.0 Å². The highest BCUT2D eigenvalue weighted by atomic mass is 16.3. The molecule has 2 heterocycles. The second kappa shape index (κ2) is 8.15. The second-order valence-corrected chi connectivity index (χ2v) is 7.19. The van der Waals surface area contributed by atoms with Gasteiger partial charge in [-0.05, 0) is 39.3 Å². The van der Waals surface area contributed by atoms with Gasteiger partial charge in [-0.15, -0.1) is 0 Å². The lowest BCUT2D eigenvalue weighted by atomic mass is 9.93. The van der Waals surface area contributed by atoms with Gasteiger partial charge in [0.2, 0.25) is 0 Å². The lowest BCUT2D eigenvalue weighted by Crippen LogP contribution is -2.40. The number of hydrogen-bond donors (Lipinski definition) is 2. The molecule has 1 fully saturated rings. The zero-order valence-corrected chi connectivity index (χ0v) is 15.0. The zero-order valence-electron chi connectivity index (χ0n) is 15.0. The van der Waals surface area contributed by atoms with Gasteiger partial charge < -0.3 is 19.7 Å². The summed E-state index contributed by atoms with van der Waals surface area (Å²) in [5.41, 5.74) is 0.796. The maximum Gasteiger partial charge on any atom is 0.255 e. The Morgan fingerprint density at radius 2 is 1.92 bits per heavy atom. The molecule has 2 N–H and O–H groups in total. The summed E-state index contributed by atoms with van der Waals surface area (Å²) in [7, 11) is 0. The minimum atomic E-state index is -0.610. The smallest absolute Gasteiger partial charge is 0.255 e. The minimum absolute atomic E-state index is 0.0200. The fourth-order valence-corrected chi connectivity index (χ4v) is 3.86. The number of amides is 1. The molecule has 1 aromatic heterocycles. The van der Waals surface area contributed by atoms with Gasteiger partial charge in [0.05, 0.1) is 17.2 Å². The number of carbonyl (C=O) groups excluding carboxylic acids is 2. The van der Waals surface area contributed by atoms with Crippen LogP contribution in [0.3, 0.4) is 0 Å². The monoisotopic (exact) mass is 348 g/mol. The van der Waals surface area contributed by atoms with E-state index in [0.717, 1.165) is 19.5 Å². The minimum Gasteiger partial charge on any atom is -0.465 e. The SMILES string of the molecule is Cc1oc2c(c1C(=O)NCC(O)CN1CCCCCC1)C(=O)CCC2. The van der Waals surface area contributed by atoms with Crippen LogP contribution in [0.15, 0.2) is 4.42 Å². The third-order valence-corrected chi connectivity index (χ3v) is 5.14. The van der Waals surface area contributed by atoms with Gasteiger partial charge in [0.25, 0.3) is 5.91 Å². The molecule has 0 saturated carbocycles. The molecule has 6 heteroatoms. The number of nitrogens with zero attached hydrogens (tertiary/aromatic N) is 1. The quantitative estimate of drug-likeness (QED) is 0.851. The van der Waals surface area contributed by atoms with Crippen LogP contribution in [0.2, 0.25) is 0 Å². The molecule has 2 aliphatic rings. The largest absolute Gasteiger partial charge is 0.465 e. The van der Waals surface area contributed by atoms with Gasteiger partial charge in [-0.2, -0.15) is 0 Å². The summed E-state index contributed by atoms with van der Waals surface area (Å²) in [5.74, 6) is 0.768. The van der Waals surface area contributed by atoms with Gasteiger partial charge >= 0.3 is 0 Å². The van der Waals surface area contributed by atoms with Gasteiger partial charge in [0.1, 0.15) is 11.5 Å².